The van der Waals surface area contributed by atoms with Crippen molar-refractivity contribution in [1.82, 2.24) is 9.38 Å². The van der Waals surface area contributed by atoms with Gasteiger partial charge in [-0.25, -0.2) is 4.98 Å². The summed E-state index contributed by atoms with van der Waals surface area (Å²) in [6.07, 6.45) is 3.72. The van der Waals surface area contributed by atoms with Gasteiger partial charge < -0.3 is 15.2 Å². The molecule has 0 aromatic carbocycles. The Labute approximate surface area is 75.6 Å². The van der Waals surface area contributed by atoms with Gasteiger partial charge in [0.15, 0.2) is 0 Å². The van der Waals surface area contributed by atoms with Crippen molar-refractivity contribution >= 4 is 5.65 Å². The molecule has 2 rings (SSSR count). The van der Waals surface area contributed by atoms with Crippen LogP contribution in [0.15, 0.2) is 24.5 Å². The van der Waals surface area contributed by atoms with Gasteiger partial charge in [-0.1, -0.05) is 6.07 Å². The van der Waals surface area contributed by atoms with Crippen molar-refractivity contribution in [3.63, 3.8) is 0 Å². The van der Waals surface area contributed by atoms with Gasteiger partial charge in [-0.15, -0.1) is 0 Å². The molecule has 0 aliphatic heterocycles. The van der Waals surface area contributed by atoms with Gasteiger partial charge in [0.05, 0.1) is 12.3 Å². The number of hydrogen-bond acceptors (Lipinski definition) is 3. The number of pyridine rings is 1. The second kappa shape index (κ2) is 3.16. The number of hydrogen-bond donors (Lipinski definition) is 2. The van der Waals surface area contributed by atoms with E-state index in [2.05, 4.69) is 4.98 Å². The Kier molecular flexibility index (Phi) is 2.00. The largest absolute Gasteiger partial charge is 0.392 e. The number of imidazole rings is 1. The highest BCUT2D eigenvalue weighted by molar-refractivity contribution is 5.41. The average Bonchev–Trinajstić information content (AvgIpc) is 2.58. The van der Waals surface area contributed by atoms with E-state index in [1.54, 1.807) is 0 Å². The van der Waals surface area contributed by atoms with Crippen molar-refractivity contribution in [2.75, 3.05) is 0 Å². The smallest absolute Gasteiger partial charge is 0.137 e. The summed E-state index contributed by atoms with van der Waals surface area (Å²) in [6, 6.07) is 3.72. The number of aliphatic hydroxyl groups excluding tert-OH is 1. The lowest BCUT2D eigenvalue weighted by molar-refractivity contribution is 0.281. The maximum Gasteiger partial charge on any atom is 0.137 e. The summed E-state index contributed by atoms with van der Waals surface area (Å²) in [4.78, 5) is 4.26. The molecule has 0 unspecified atom stereocenters. The molecule has 13 heavy (non-hydrogen) atoms. The molecule has 0 bridgehead atoms. The van der Waals surface area contributed by atoms with Crippen LogP contribution < -0.4 is 5.73 Å². The van der Waals surface area contributed by atoms with E-state index in [1.807, 2.05) is 28.9 Å². The van der Waals surface area contributed by atoms with Crippen molar-refractivity contribution in [2.45, 2.75) is 13.2 Å². The molecule has 2 aromatic rings. The minimum absolute atomic E-state index is 0.0477. The molecule has 3 N–H and O–H groups in total. The van der Waals surface area contributed by atoms with E-state index in [4.69, 9.17) is 10.8 Å². The highest BCUT2D eigenvalue weighted by Gasteiger charge is 1.99. The average molecular weight is 177 g/mol. The van der Waals surface area contributed by atoms with Crippen LogP contribution in [0.2, 0.25) is 0 Å². The molecular weight excluding hydrogens is 166 g/mol. The monoisotopic (exact) mass is 177 g/mol. The van der Waals surface area contributed by atoms with Crippen LogP contribution in [-0.2, 0) is 13.2 Å². The fourth-order valence-electron chi connectivity index (χ4n) is 1.28. The summed E-state index contributed by atoms with van der Waals surface area (Å²) in [5.74, 6) is 0. The van der Waals surface area contributed by atoms with Crippen LogP contribution in [0.1, 0.15) is 11.3 Å². The van der Waals surface area contributed by atoms with Crippen LogP contribution in [-0.4, -0.2) is 14.5 Å². The Morgan fingerprint density at radius 2 is 2.23 bits per heavy atom. The predicted octanol–water partition coefficient (Wildman–Crippen LogP) is 0.285. The van der Waals surface area contributed by atoms with Gasteiger partial charge in [-0.05, 0) is 11.6 Å². The molecule has 0 saturated carbocycles. The summed E-state index contributed by atoms with van der Waals surface area (Å²) in [6.45, 7) is 0.488. The van der Waals surface area contributed by atoms with E-state index in [9.17, 15) is 0 Å². The molecule has 0 radical (unpaired) electrons. The molecular formula is C9H11N3O. The molecule has 0 amide bonds. The first-order chi connectivity index (χ1) is 6.33. The normalized spacial score (nSPS) is 10.9. The lowest BCUT2D eigenvalue weighted by Gasteiger charge is -1.96. The fraction of sp³-hybridized carbons (Fsp3) is 0.222. The Hall–Kier alpha value is -1.39. The van der Waals surface area contributed by atoms with Crippen LogP contribution in [0, 0.1) is 0 Å². The van der Waals surface area contributed by atoms with Gasteiger partial charge in [0.2, 0.25) is 0 Å². The zero-order valence-electron chi connectivity index (χ0n) is 7.14. The predicted molar refractivity (Wildman–Crippen MR) is 49.0 cm³/mol. The van der Waals surface area contributed by atoms with Crippen molar-refractivity contribution < 1.29 is 5.11 Å². The SMILES string of the molecule is NCc1cn2cc(CO)ccc2n1. The zero-order valence-corrected chi connectivity index (χ0v) is 7.14. The number of aliphatic hydroxyl groups is 1. The third kappa shape index (κ3) is 1.41. The van der Waals surface area contributed by atoms with Gasteiger partial charge in [0.1, 0.15) is 5.65 Å². The van der Waals surface area contributed by atoms with E-state index in [0.717, 1.165) is 16.9 Å². The summed E-state index contributed by atoms with van der Waals surface area (Å²) in [7, 11) is 0. The second-order valence-electron chi connectivity index (χ2n) is 2.90. The molecule has 0 fully saturated rings. The van der Waals surface area contributed by atoms with Gasteiger partial charge in [0, 0.05) is 18.9 Å². The summed E-state index contributed by atoms with van der Waals surface area (Å²) < 4.78 is 1.87. The van der Waals surface area contributed by atoms with Crippen molar-refractivity contribution in [1.29, 1.82) is 0 Å². The third-order valence-corrected chi connectivity index (χ3v) is 1.95. The molecule has 0 atom stereocenters. The number of fused-ring (bicyclic) bond motifs is 1. The molecule has 4 heteroatoms. The number of nitrogens with zero attached hydrogens (tertiary/aromatic N) is 2. The first kappa shape index (κ1) is 8.22. The first-order valence-corrected chi connectivity index (χ1v) is 4.11. The van der Waals surface area contributed by atoms with E-state index in [0.29, 0.717) is 6.54 Å². The van der Waals surface area contributed by atoms with Crippen LogP contribution in [0.4, 0.5) is 0 Å². The highest BCUT2D eigenvalue weighted by atomic mass is 16.3. The summed E-state index contributed by atoms with van der Waals surface area (Å²) in [5, 5.41) is 8.90. The van der Waals surface area contributed by atoms with Gasteiger partial charge in [-0.3, -0.25) is 0 Å². The molecule has 68 valence electrons. The summed E-state index contributed by atoms with van der Waals surface area (Å²) >= 11 is 0. The summed E-state index contributed by atoms with van der Waals surface area (Å²) in [5.41, 5.74) is 8.04. The van der Waals surface area contributed by atoms with Crippen LogP contribution in [0.5, 0.6) is 0 Å². The molecule has 2 aromatic heterocycles. The van der Waals surface area contributed by atoms with Crippen LogP contribution >= 0.6 is 0 Å². The molecule has 4 nitrogen and oxygen atoms in total. The Bertz CT molecular complexity index is 420. The minimum atomic E-state index is 0.0477. The molecule has 0 aliphatic rings. The van der Waals surface area contributed by atoms with Gasteiger partial charge in [-0.2, -0.15) is 0 Å². The second-order valence-corrected chi connectivity index (χ2v) is 2.90. The first-order valence-electron chi connectivity index (χ1n) is 4.11. The van der Waals surface area contributed by atoms with Gasteiger partial charge >= 0.3 is 0 Å². The topological polar surface area (TPSA) is 63.5 Å². The Balaban J connectivity index is 2.57. The zero-order chi connectivity index (χ0) is 9.26. The maximum atomic E-state index is 8.90. The van der Waals surface area contributed by atoms with E-state index < -0.39 is 0 Å². The number of rotatable bonds is 2. The lowest BCUT2D eigenvalue weighted by atomic mass is 10.3. The van der Waals surface area contributed by atoms with E-state index in [-0.39, 0.29) is 6.61 Å². The minimum Gasteiger partial charge on any atom is -0.392 e. The third-order valence-electron chi connectivity index (χ3n) is 1.95. The van der Waals surface area contributed by atoms with Crippen molar-refractivity contribution in [3.8, 4) is 0 Å². The quantitative estimate of drug-likeness (QED) is 0.692. The molecule has 0 saturated heterocycles. The highest BCUT2D eigenvalue weighted by Crippen LogP contribution is 2.07. The Morgan fingerprint density at radius 3 is 2.92 bits per heavy atom. The lowest BCUT2D eigenvalue weighted by Crippen LogP contribution is -1.95. The van der Waals surface area contributed by atoms with Crippen molar-refractivity contribution in [2.24, 2.45) is 5.73 Å². The molecule has 0 aliphatic carbocycles. The Morgan fingerprint density at radius 1 is 1.38 bits per heavy atom. The molecule has 2 heterocycles. The van der Waals surface area contributed by atoms with Crippen LogP contribution in [0.3, 0.4) is 0 Å². The van der Waals surface area contributed by atoms with E-state index in [1.165, 1.54) is 0 Å². The van der Waals surface area contributed by atoms with Gasteiger partial charge in [0.25, 0.3) is 0 Å². The van der Waals surface area contributed by atoms with Crippen LogP contribution in [0.25, 0.3) is 5.65 Å². The fourth-order valence-corrected chi connectivity index (χ4v) is 1.28. The van der Waals surface area contributed by atoms with E-state index >= 15 is 0 Å². The number of nitrogens with two attached hydrogens (primary N) is 1. The van der Waals surface area contributed by atoms with Crippen molar-refractivity contribution in [3.05, 3.63) is 35.8 Å². The molecule has 0 spiro atoms. The standard InChI is InChI=1S/C9H11N3O/c10-3-8-5-12-4-7(6-13)1-2-9(12)11-8/h1-2,4-5,13H,3,6,10H2. The maximum absolute atomic E-state index is 8.90. The number of aromatic nitrogens is 2.